The van der Waals surface area contributed by atoms with E-state index in [4.69, 9.17) is 51.1 Å². The molecule has 32 heavy (non-hydrogen) atoms. The molecule has 0 saturated heterocycles. The first kappa shape index (κ1) is 26.6. The number of halogens is 4. The largest absolute Gasteiger partial charge is 0.482 e. The molecule has 2 aromatic rings. The number of carbonyl (C=O) groups excluding carboxylic acids is 2. The molecule has 0 radical (unpaired) electrons. The van der Waals surface area contributed by atoms with Crippen LogP contribution < -0.4 is 10.1 Å². The van der Waals surface area contributed by atoms with Gasteiger partial charge in [0.25, 0.3) is 5.91 Å². The van der Waals surface area contributed by atoms with Crippen LogP contribution in [0.25, 0.3) is 0 Å². The monoisotopic (exact) mass is 518 g/mol. The van der Waals surface area contributed by atoms with Gasteiger partial charge in [-0.2, -0.15) is 0 Å². The van der Waals surface area contributed by atoms with Crippen LogP contribution >= 0.6 is 46.4 Å². The number of hydrogen-bond acceptors (Lipinski definition) is 3. The van der Waals surface area contributed by atoms with Crippen molar-refractivity contribution in [1.29, 1.82) is 0 Å². The van der Waals surface area contributed by atoms with Crippen LogP contribution in [0.5, 0.6) is 5.75 Å². The van der Waals surface area contributed by atoms with Gasteiger partial charge in [-0.05, 0) is 48.7 Å². The van der Waals surface area contributed by atoms with E-state index in [0.717, 1.165) is 18.4 Å². The summed E-state index contributed by atoms with van der Waals surface area (Å²) >= 11 is 24.2. The maximum atomic E-state index is 13.2. The van der Waals surface area contributed by atoms with Crippen molar-refractivity contribution in [2.24, 2.45) is 0 Å². The Hall–Kier alpha value is -1.66. The van der Waals surface area contributed by atoms with Gasteiger partial charge in [0.2, 0.25) is 5.91 Å². The molecule has 2 aromatic carbocycles. The summed E-state index contributed by atoms with van der Waals surface area (Å²) in [6, 6.07) is 9.20. The quantitative estimate of drug-likeness (QED) is 0.349. The molecule has 1 N–H and O–H groups in total. The molecule has 5 nitrogen and oxygen atoms in total. The lowest BCUT2D eigenvalue weighted by atomic mass is 10.1. The Balaban J connectivity index is 2.22. The third kappa shape index (κ3) is 7.73. The Morgan fingerprint density at radius 2 is 1.75 bits per heavy atom. The summed E-state index contributed by atoms with van der Waals surface area (Å²) in [6.07, 6.45) is 2.26. The zero-order valence-electron chi connectivity index (χ0n) is 18.0. The van der Waals surface area contributed by atoms with Crippen LogP contribution in [0.1, 0.15) is 38.7 Å². The van der Waals surface area contributed by atoms with Gasteiger partial charge in [-0.15, -0.1) is 0 Å². The summed E-state index contributed by atoms with van der Waals surface area (Å²) in [6.45, 7) is 4.34. The van der Waals surface area contributed by atoms with E-state index in [-0.39, 0.29) is 25.0 Å². The van der Waals surface area contributed by atoms with Crippen molar-refractivity contribution in [3.63, 3.8) is 0 Å². The van der Waals surface area contributed by atoms with Gasteiger partial charge in [-0.25, -0.2) is 0 Å². The Morgan fingerprint density at radius 1 is 1.00 bits per heavy atom. The van der Waals surface area contributed by atoms with Crippen molar-refractivity contribution in [1.82, 2.24) is 10.2 Å². The maximum Gasteiger partial charge on any atom is 0.261 e. The van der Waals surface area contributed by atoms with Crippen LogP contribution in [0.4, 0.5) is 0 Å². The molecule has 0 unspecified atom stereocenters. The second-order valence-corrected chi connectivity index (χ2v) is 8.86. The number of nitrogens with one attached hydrogen (secondary N) is 1. The van der Waals surface area contributed by atoms with Gasteiger partial charge in [0.05, 0.1) is 15.1 Å². The van der Waals surface area contributed by atoms with Crippen LogP contribution in [-0.2, 0) is 16.1 Å². The molecular formula is C23H26Cl4N2O3. The number of hydrogen-bond donors (Lipinski definition) is 1. The van der Waals surface area contributed by atoms with Crippen LogP contribution in [0, 0.1) is 0 Å². The fraction of sp³-hybridized carbons (Fsp3) is 0.391. The van der Waals surface area contributed by atoms with Crippen molar-refractivity contribution in [3.05, 3.63) is 62.1 Å². The highest BCUT2D eigenvalue weighted by Crippen LogP contribution is 2.28. The average Bonchev–Trinajstić information content (AvgIpc) is 2.75. The van der Waals surface area contributed by atoms with Gasteiger partial charge in [0.1, 0.15) is 11.8 Å². The number of nitrogens with zero attached hydrogens (tertiary/aromatic N) is 1. The molecule has 0 bridgehead atoms. The van der Waals surface area contributed by atoms with Crippen molar-refractivity contribution in [2.45, 2.75) is 45.7 Å². The average molecular weight is 520 g/mol. The van der Waals surface area contributed by atoms with E-state index in [2.05, 4.69) is 5.32 Å². The molecule has 0 aliphatic heterocycles. The highest BCUT2D eigenvalue weighted by molar-refractivity contribution is 6.42. The van der Waals surface area contributed by atoms with Gasteiger partial charge in [0.15, 0.2) is 6.61 Å². The number of amides is 2. The Kier molecular flexibility index (Phi) is 10.9. The first-order chi connectivity index (χ1) is 15.3. The highest BCUT2D eigenvalue weighted by Gasteiger charge is 2.29. The van der Waals surface area contributed by atoms with E-state index in [1.807, 2.05) is 13.8 Å². The predicted octanol–water partition coefficient (Wildman–Crippen LogP) is 6.40. The zero-order chi connectivity index (χ0) is 23.7. The SMILES string of the molecule is CCCCNC(=O)[C@H](CC)N(Cc1ccc(Cl)c(Cl)c1)C(=O)COc1ccc(Cl)cc1Cl. The Morgan fingerprint density at radius 3 is 2.38 bits per heavy atom. The minimum atomic E-state index is -0.668. The molecule has 9 heteroatoms. The number of ether oxygens (including phenoxy) is 1. The molecule has 0 aromatic heterocycles. The molecule has 0 aliphatic rings. The normalized spacial score (nSPS) is 11.7. The zero-order valence-corrected chi connectivity index (χ0v) is 21.0. The van der Waals surface area contributed by atoms with Gasteiger partial charge < -0.3 is 15.0 Å². The number of carbonyl (C=O) groups is 2. The highest BCUT2D eigenvalue weighted by atomic mass is 35.5. The van der Waals surface area contributed by atoms with Crippen molar-refractivity contribution in [3.8, 4) is 5.75 Å². The van der Waals surface area contributed by atoms with Gasteiger partial charge in [-0.1, -0.05) is 72.7 Å². The van der Waals surface area contributed by atoms with E-state index in [1.165, 1.54) is 11.0 Å². The summed E-state index contributed by atoms with van der Waals surface area (Å²) < 4.78 is 5.63. The first-order valence-corrected chi connectivity index (χ1v) is 11.9. The third-order valence-electron chi connectivity index (χ3n) is 4.80. The van der Waals surface area contributed by atoms with E-state index in [1.54, 1.807) is 30.3 Å². The number of benzene rings is 2. The molecular weight excluding hydrogens is 494 g/mol. The van der Waals surface area contributed by atoms with Gasteiger partial charge in [0, 0.05) is 18.1 Å². The van der Waals surface area contributed by atoms with E-state index in [9.17, 15) is 9.59 Å². The first-order valence-electron chi connectivity index (χ1n) is 10.4. The van der Waals surface area contributed by atoms with Gasteiger partial charge >= 0.3 is 0 Å². The molecule has 0 aliphatic carbocycles. The van der Waals surface area contributed by atoms with E-state index in [0.29, 0.717) is 38.8 Å². The third-order valence-corrected chi connectivity index (χ3v) is 6.07. The second-order valence-electron chi connectivity index (χ2n) is 7.20. The Bertz CT molecular complexity index is 939. The second kappa shape index (κ2) is 13.1. The topological polar surface area (TPSA) is 58.6 Å². The lowest BCUT2D eigenvalue weighted by Gasteiger charge is -2.30. The summed E-state index contributed by atoms with van der Waals surface area (Å²) in [4.78, 5) is 27.5. The van der Waals surface area contributed by atoms with Crippen molar-refractivity contribution in [2.75, 3.05) is 13.2 Å². The molecule has 0 fully saturated rings. The van der Waals surface area contributed by atoms with Gasteiger partial charge in [-0.3, -0.25) is 9.59 Å². The summed E-state index contributed by atoms with van der Waals surface area (Å²) in [5.41, 5.74) is 0.747. The summed E-state index contributed by atoms with van der Waals surface area (Å²) in [7, 11) is 0. The molecule has 2 rings (SSSR count). The van der Waals surface area contributed by atoms with Crippen LogP contribution in [0.2, 0.25) is 20.1 Å². The summed E-state index contributed by atoms with van der Waals surface area (Å²) in [5.74, 6) is -0.238. The van der Waals surface area contributed by atoms with Crippen molar-refractivity contribution < 1.29 is 14.3 Å². The smallest absolute Gasteiger partial charge is 0.261 e. The Labute approximate surface area is 208 Å². The predicted molar refractivity (Wildman–Crippen MR) is 131 cm³/mol. The van der Waals surface area contributed by atoms with E-state index >= 15 is 0 Å². The number of unbranched alkanes of at least 4 members (excludes halogenated alkanes) is 1. The standard InChI is InChI=1S/C23H26Cl4N2O3/c1-3-5-10-28-23(31)20(4-2)29(13-15-6-8-17(25)18(26)11-15)22(30)14-32-21-9-7-16(24)12-19(21)27/h6-9,11-12,20H,3-5,10,13-14H2,1-2H3,(H,28,31)/t20-/m0/s1. The van der Waals surface area contributed by atoms with E-state index < -0.39 is 6.04 Å². The van der Waals surface area contributed by atoms with Crippen molar-refractivity contribution >= 4 is 58.2 Å². The number of rotatable bonds is 11. The summed E-state index contributed by atoms with van der Waals surface area (Å²) in [5, 5.41) is 4.46. The van der Waals surface area contributed by atoms with Crippen LogP contribution in [0.15, 0.2) is 36.4 Å². The molecule has 1 atom stereocenters. The maximum absolute atomic E-state index is 13.2. The lowest BCUT2D eigenvalue weighted by molar-refractivity contribution is -0.143. The fourth-order valence-corrected chi connectivity index (χ4v) is 3.86. The molecule has 0 saturated carbocycles. The molecule has 0 heterocycles. The minimum absolute atomic E-state index is 0.174. The molecule has 174 valence electrons. The lowest BCUT2D eigenvalue weighted by Crippen LogP contribution is -2.50. The molecule has 2 amide bonds. The van der Waals surface area contributed by atoms with Crippen LogP contribution in [0.3, 0.4) is 0 Å². The fourth-order valence-electron chi connectivity index (χ4n) is 3.08. The minimum Gasteiger partial charge on any atom is -0.482 e. The molecule has 0 spiro atoms. The van der Waals surface area contributed by atoms with Crippen LogP contribution in [-0.4, -0.2) is 35.9 Å².